The van der Waals surface area contributed by atoms with E-state index in [1.165, 1.54) is 9.80 Å². The summed E-state index contributed by atoms with van der Waals surface area (Å²) in [5.41, 5.74) is -0.505. The van der Waals surface area contributed by atoms with Gasteiger partial charge in [-0.3, -0.25) is 4.79 Å². The number of aliphatic hydroxyl groups excluding tert-OH is 1. The highest BCUT2D eigenvalue weighted by Crippen LogP contribution is 2.43. The lowest BCUT2D eigenvalue weighted by Crippen LogP contribution is -2.57. The molecule has 0 aromatic carbocycles. The molecule has 1 N–H and O–H groups in total. The van der Waals surface area contributed by atoms with E-state index < -0.39 is 60.5 Å². The molecule has 0 radical (unpaired) electrons. The van der Waals surface area contributed by atoms with E-state index in [9.17, 15) is 45.0 Å². The summed E-state index contributed by atoms with van der Waals surface area (Å²) in [6, 6.07) is -0.914. The zero-order chi connectivity index (χ0) is 27.8. The summed E-state index contributed by atoms with van der Waals surface area (Å²) in [5.74, 6) is -2.85. The second-order valence-electron chi connectivity index (χ2n) is 7.93. The summed E-state index contributed by atoms with van der Waals surface area (Å²) >= 11 is 0.241. The first-order valence-corrected chi connectivity index (χ1v) is 11.4. The molecule has 1 aliphatic rings. The van der Waals surface area contributed by atoms with Crippen molar-refractivity contribution in [3.63, 3.8) is 0 Å². The lowest BCUT2D eigenvalue weighted by Gasteiger charge is -2.41. The number of hydrogen-bond acceptors (Lipinski definition) is 9. The Morgan fingerprint density at radius 2 is 1.76 bits per heavy atom. The first-order valence-electron chi connectivity index (χ1n) is 10.6. The van der Waals surface area contributed by atoms with E-state index in [2.05, 4.69) is 25.0 Å². The van der Waals surface area contributed by atoms with E-state index in [1.54, 1.807) is 0 Å². The van der Waals surface area contributed by atoms with Crippen LogP contribution in [0.1, 0.15) is 23.1 Å². The maximum absolute atomic E-state index is 13.5. The number of nitrogens with zero attached hydrogens (tertiary/aromatic N) is 8. The molecule has 1 amide bonds. The molecule has 38 heavy (non-hydrogen) atoms. The highest BCUT2D eigenvalue weighted by Gasteiger charge is 2.39. The molecule has 1 atom stereocenters. The predicted octanol–water partition coefficient (Wildman–Crippen LogP) is 2.88. The Bertz CT molecular complexity index is 1280. The summed E-state index contributed by atoms with van der Waals surface area (Å²) < 4.78 is 105. The Kier molecular flexibility index (Phi) is 7.51. The molecular weight excluding hydrogens is 556 g/mol. The van der Waals surface area contributed by atoms with Crippen LogP contribution >= 0.6 is 11.3 Å². The Labute approximate surface area is 211 Å². The lowest BCUT2D eigenvalue weighted by atomic mass is 10.1. The van der Waals surface area contributed by atoms with Crippen LogP contribution in [0.15, 0.2) is 18.7 Å². The molecule has 10 nitrogen and oxygen atoms in total. The second kappa shape index (κ2) is 10.4. The first-order chi connectivity index (χ1) is 17.8. The normalized spacial score (nSPS) is 16.9. The van der Waals surface area contributed by atoms with Gasteiger partial charge in [-0.05, 0) is 0 Å². The van der Waals surface area contributed by atoms with Gasteiger partial charge in [-0.1, -0.05) is 11.3 Å². The van der Waals surface area contributed by atoms with Crippen molar-refractivity contribution in [2.24, 2.45) is 0 Å². The Morgan fingerprint density at radius 1 is 1.08 bits per heavy atom. The van der Waals surface area contributed by atoms with Gasteiger partial charge in [0.15, 0.2) is 0 Å². The molecule has 4 rings (SSSR count). The Balaban J connectivity index is 1.57. The van der Waals surface area contributed by atoms with Gasteiger partial charge in [-0.15, -0.1) is 5.10 Å². The molecule has 4 heterocycles. The highest BCUT2D eigenvalue weighted by atomic mass is 32.1. The molecule has 3 aromatic rings. The monoisotopic (exact) mass is 572 g/mol. The van der Waals surface area contributed by atoms with Crippen molar-refractivity contribution >= 4 is 22.2 Å². The topological polar surface area (TPSA) is 113 Å². The number of thiazole rings is 1. The second-order valence-corrected chi connectivity index (χ2v) is 8.91. The highest BCUT2D eigenvalue weighted by molar-refractivity contribution is 7.16. The van der Waals surface area contributed by atoms with E-state index in [1.807, 2.05) is 0 Å². The van der Waals surface area contributed by atoms with Gasteiger partial charge in [0.05, 0.1) is 12.6 Å². The molecule has 0 saturated carbocycles. The third kappa shape index (κ3) is 5.82. The minimum atomic E-state index is -4.86. The standard InChI is InChI=1S/C19H16F8N8O2S/c20-13(21)14-30-8-34(32-14)6-11(37)35-2-1-33(5-10(35)7-36)15-12(31-17(38-15)19(25,26)27)9-3-28-16(29-4-9)18(22,23)24/h3-4,8,10,13,36H,1-2,5-7H2/t10-/m1/s1. The fourth-order valence-electron chi connectivity index (χ4n) is 3.67. The molecule has 3 aromatic heterocycles. The van der Waals surface area contributed by atoms with Gasteiger partial charge in [0, 0.05) is 37.6 Å². The van der Waals surface area contributed by atoms with Crippen LogP contribution in [0.5, 0.6) is 0 Å². The molecule has 1 saturated heterocycles. The van der Waals surface area contributed by atoms with Crippen LogP contribution in [-0.4, -0.2) is 77.9 Å². The maximum atomic E-state index is 13.5. The molecule has 0 bridgehead atoms. The van der Waals surface area contributed by atoms with Crippen LogP contribution in [0.4, 0.5) is 40.1 Å². The van der Waals surface area contributed by atoms with Crippen molar-refractivity contribution in [1.29, 1.82) is 0 Å². The minimum absolute atomic E-state index is 0.0319. The van der Waals surface area contributed by atoms with E-state index in [0.717, 1.165) is 11.0 Å². The molecule has 1 aliphatic heterocycles. The number of anilines is 1. The predicted molar refractivity (Wildman–Crippen MR) is 113 cm³/mol. The first kappa shape index (κ1) is 27.6. The molecule has 0 aliphatic carbocycles. The van der Waals surface area contributed by atoms with Crippen molar-refractivity contribution in [2.45, 2.75) is 31.4 Å². The van der Waals surface area contributed by atoms with Crippen molar-refractivity contribution < 1.29 is 45.0 Å². The number of carbonyl (C=O) groups is 1. The number of hydrogen-bond donors (Lipinski definition) is 1. The molecule has 0 unspecified atom stereocenters. The summed E-state index contributed by atoms with van der Waals surface area (Å²) in [6.45, 7) is -1.33. The van der Waals surface area contributed by atoms with Crippen LogP contribution < -0.4 is 4.90 Å². The average molecular weight is 572 g/mol. The average Bonchev–Trinajstić information content (AvgIpc) is 3.51. The number of aliphatic hydroxyl groups is 1. The number of aromatic nitrogens is 6. The van der Waals surface area contributed by atoms with Crippen molar-refractivity contribution in [1.82, 2.24) is 34.6 Å². The van der Waals surface area contributed by atoms with Gasteiger partial charge in [0.2, 0.25) is 22.6 Å². The fourth-order valence-corrected chi connectivity index (χ4v) is 4.66. The molecule has 19 heteroatoms. The number of rotatable bonds is 6. The van der Waals surface area contributed by atoms with Gasteiger partial charge in [-0.25, -0.2) is 33.4 Å². The molecular formula is C19H16F8N8O2S. The van der Waals surface area contributed by atoms with Crippen molar-refractivity contribution in [3.8, 4) is 11.3 Å². The largest absolute Gasteiger partial charge is 0.451 e. The van der Waals surface area contributed by atoms with E-state index in [4.69, 9.17) is 0 Å². The summed E-state index contributed by atoms with van der Waals surface area (Å²) in [7, 11) is 0. The van der Waals surface area contributed by atoms with Gasteiger partial charge < -0.3 is 14.9 Å². The van der Waals surface area contributed by atoms with E-state index >= 15 is 0 Å². The molecule has 206 valence electrons. The van der Waals surface area contributed by atoms with Crippen LogP contribution in [0.2, 0.25) is 0 Å². The molecule has 1 fully saturated rings. The zero-order valence-corrected chi connectivity index (χ0v) is 19.6. The van der Waals surface area contributed by atoms with Gasteiger partial charge in [-0.2, -0.15) is 26.3 Å². The van der Waals surface area contributed by atoms with Crippen LogP contribution in [0, 0.1) is 0 Å². The number of carbonyl (C=O) groups excluding carboxylic acids is 1. The van der Waals surface area contributed by atoms with E-state index in [0.29, 0.717) is 12.4 Å². The molecule has 0 spiro atoms. The third-order valence-corrected chi connectivity index (χ3v) is 6.54. The Morgan fingerprint density at radius 3 is 2.32 bits per heavy atom. The summed E-state index contributed by atoms with van der Waals surface area (Å²) in [4.78, 5) is 28.7. The van der Waals surface area contributed by atoms with E-state index in [-0.39, 0.29) is 47.2 Å². The summed E-state index contributed by atoms with van der Waals surface area (Å²) in [5, 5.41) is 12.0. The number of piperazine rings is 1. The van der Waals surface area contributed by atoms with Gasteiger partial charge in [0.1, 0.15) is 23.6 Å². The van der Waals surface area contributed by atoms with Gasteiger partial charge >= 0.3 is 12.4 Å². The maximum Gasteiger partial charge on any atom is 0.451 e. The van der Waals surface area contributed by atoms with Crippen molar-refractivity contribution in [3.05, 3.63) is 35.4 Å². The quantitative estimate of drug-likeness (QED) is 0.449. The fraction of sp³-hybridized carbons (Fsp3) is 0.474. The SMILES string of the molecule is O=C(Cn1cnc(C(F)F)n1)N1CCN(c2sc(C(F)(F)F)nc2-c2cnc(C(F)(F)F)nc2)C[C@@H]1CO. The summed E-state index contributed by atoms with van der Waals surface area (Å²) in [6.07, 6.45) is -10.3. The van der Waals surface area contributed by atoms with Crippen LogP contribution in [0.25, 0.3) is 11.3 Å². The van der Waals surface area contributed by atoms with Crippen LogP contribution in [0.3, 0.4) is 0 Å². The van der Waals surface area contributed by atoms with Crippen LogP contribution in [-0.2, 0) is 23.7 Å². The smallest absolute Gasteiger partial charge is 0.394 e. The zero-order valence-electron chi connectivity index (χ0n) is 18.8. The van der Waals surface area contributed by atoms with Gasteiger partial charge in [0.25, 0.3) is 6.43 Å². The minimum Gasteiger partial charge on any atom is -0.394 e. The Hall–Kier alpha value is -3.48. The van der Waals surface area contributed by atoms with Crippen molar-refractivity contribution in [2.75, 3.05) is 31.1 Å². The lowest BCUT2D eigenvalue weighted by molar-refractivity contribution is -0.145. The number of halogens is 8. The number of alkyl halides is 8. The third-order valence-electron chi connectivity index (χ3n) is 5.38. The number of amides is 1.